The molecule has 0 amide bonds. The molecule has 0 fully saturated rings. The molecule has 6 nitrogen and oxygen atoms in total. The third-order valence-corrected chi connectivity index (χ3v) is 4.53. The number of sulfonamides is 1. The first-order valence-corrected chi connectivity index (χ1v) is 8.33. The minimum absolute atomic E-state index is 0.111. The summed E-state index contributed by atoms with van der Waals surface area (Å²) in [7, 11) is 0.00876. The molecule has 2 rings (SSSR count). The summed E-state index contributed by atoms with van der Waals surface area (Å²) in [5, 5.41) is 2.92. The monoisotopic (exact) mass is 328 g/mol. The summed E-state index contributed by atoms with van der Waals surface area (Å²) < 4.78 is 40.4. The van der Waals surface area contributed by atoms with Crippen LogP contribution in [0.15, 0.2) is 22.0 Å². The van der Waals surface area contributed by atoms with Crippen LogP contribution in [0.1, 0.15) is 19.4 Å². The maximum absolute atomic E-state index is 13.6. The van der Waals surface area contributed by atoms with Crippen LogP contribution in [0.4, 0.5) is 10.1 Å². The van der Waals surface area contributed by atoms with Gasteiger partial charge in [0.1, 0.15) is 10.7 Å². The molecule has 1 aromatic carbocycles. The zero-order chi connectivity index (χ0) is 16.7. The maximum Gasteiger partial charge on any atom is 0.266 e. The molecule has 0 atom stereocenters. The molecule has 0 saturated carbocycles. The van der Waals surface area contributed by atoms with Crippen LogP contribution in [0.3, 0.4) is 0 Å². The second-order valence-corrected chi connectivity index (χ2v) is 7.99. The van der Waals surface area contributed by atoms with E-state index < -0.39 is 21.4 Å². The number of aryl methyl sites for hydroxylation is 1. The molecule has 122 valence electrons. The fourth-order valence-corrected chi connectivity index (χ4v) is 3.60. The Morgan fingerprint density at radius 3 is 2.55 bits per heavy atom. The highest BCUT2D eigenvalue weighted by Gasteiger charge is 2.29. The molecule has 0 aromatic heterocycles. The normalized spacial score (nSPS) is 18.8. The van der Waals surface area contributed by atoms with E-state index in [0.29, 0.717) is 17.8 Å². The Hall–Kier alpha value is -1.67. The topological polar surface area (TPSA) is 73.8 Å². The molecular formula is C14H21FN4O2S. The van der Waals surface area contributed by atoms with Crippen LogP contribution in [0, 0.1) is 12.7 Å². The molecule has 0 spiro atoms. The summed E-state index contributed by atoms with van der Waals surface area (Å²) in [6, 6.07) is 2.49. The van der Waals surface area contributed by atoms with Crippen molar-refractivity contribution in [1.29, 1.82) is 0 Å². The highest BCUT2D eigenvalue weighted by Crippen LogP contribution is 2.28. The zero-order valence-corrected chi connectivity index (χ0v) is 14.2. The average Bonchev–Trinajstić information content (AvgIpc) is 2.28. The van der Waals surface area contributed by atoms with Gasteiger partial charge >= 0.3 is 0 Å². The van der Waals surface area contributed by atoms with Gasteiger partial charge in [-0.05, 0) is 52.6 Å². The highest BCUT2D eigenvalue weighted by atomic mass is 32.2. The number of fused-ring (bicyclic) bond motifs is 1. The van der Waals surface area contributed by atoms with E-state index in [1.54, 1.807) is 6.92 Å². The van der Waals surface area contributed by atoms with E-state index in [9.17, 15) is 12.8 Å². The van der Waals surface area contributed by atoms with Crippen molar-refractivity contribution in [3.8, 4) is 0 Å². The first-order chi connectivity index (χ1) is 10.00. The minimum atomic E-state index is -3.83. The molecule has 1 heterocycles. The predicted molar refractivity (Wildman–Crippen MR) is 85.1 cm³/mol. The van der Waals surface area contributed by atoms with Crippen molar-refractivity contribution >= 4 is 21.7 Å². The Labute approximate surface area is 130 Å². The Morgan fingerprint density at radius 1 is 1.32 bits per heavy atom. The lowest BCUT2D eigenvalue weighted by Gasteiger charge is -2.28. The number of hydrogen-bond donors (Lipinski definition) is 2. The third kappa shape index (κ3) is 3.56. The van der Waals surface area contributed by atoms with Crippen molar-refractivity contribution in [1.82, 2.24) is 9.62 Å². The number of benzene rings is 1. The summed E-state index contributed by atoms with van der Waals surface area (Å²) in [6.45, 7) is 6.04. The highest BCUT2D eigenvalue weighted by molar-refractivity contribution is 7.90. The number of guanidine groups is 1. The van der Waals surface area contributed by atoms with E-state index in [1.807, 2.05) is 32.8 Å². The number of anilines is 1. The van der Waals surface area contributed by atoms with Gasteiger partial charge in [0, 0.05) is 6.54 Å². The Morgan fingerprint density at radius 2 is 1.95 bits per heavy atom. The lowest BCUT2D eigenvalue weighted by molar-refractivity contribution is 0.319. The third-order valence-electron chi connectivity index (χ3n) is 3.15. The van der Waals surface area contributed by atoms with Crippen molar-refractivity contribution in [3.63, 3.8) is 0 Å². The second kappa shape index (κ2) is 5.51. The number of likely N-dealkylation sites (N-methyl/N-ethyl adjacent to an activating group) is 1. The van der Waals surface area contributed by atoms with E-state index in [1.165, 1.54) is 6.07 Å². The van der Waals surface area contributed by atoms with Crippen LogP contribution in [0.5, 0.6) is 0 Å². The van der Waals surface area contributed by atoms with Crippen molar-refractivity contribution < 1.29 is 12.8 Å². The van der Waals surface area contributed by atoms with Crippen molar-refractivity contribution in [2.45, 2.75) is 31.2 Å². The molecular weight excluding hydrogens is 307 g/mol. The quantitative estimate of drug-likeness (QED) is 0.882. The van der Waals surface area contributed by atoms with Crippen LogP contribution in [0.25, 0.3) is 0 Å². The van der Waals surface area contributed by atoms with E-state index in [-0.39, 0.29) is 10.9 Å². The fraction of sp³-hybridized carbons (Fsp3) is 0.500. The second-order valence-electron chi connectivity index (χ2n) is 6.34. The summed E-state index contributed by atoms with van der Waals surface area (Å²) in [5.41, 5.74) is 0.216. The fourth-order valence-electron chi connectivity index (χ4n) is 2.48. The summed E-state index contributed by atoms with van der Waals surface area (Å²) in [6.07, 6.45) is 0. The van der Waals surface area contributed by atoms with Crippen LogP contribution in [-0.4, -0.2) is 45.5 Å². The van der Waals surface area contributed by atoms with E-state index in [0.717, 1.165) is 6.07 Å². The lowest BCUT2D eigenvalue weighted by Crippen LogP contribution is -2.44. The summed E-state index contributed by atoms with van der Waals surface area (Å²) in [5.74, 6) is -0.412. The predicted octanol–water partition coefficient (Wildman–Crippen LogP) is 1.53. The Kier molecular flexibility index (Phi) is 4.18. The van der Waals surface area contributed by atoms with Crippen LogP contribution < -0.4 is 10.0 Å². The number of nitrogens with one attached hydrogen (secondary N) is 2. The number of halogens is 1. The largest absolute Gasteiger partial charge is 0.324 e. The lowest BCUT2D eigenvalue weighted by atomic mass is 10.1. The van der Waals surface area contributed by atoms with Crippen LogP contribution >= 0.6 is 0 Å². The molecule has 1 aliphatic rings. The Bertz CT molecular complexity index is 727. The van der Waals surface area contributed by atoms with Gasteiger partial charge in [0.2, 0.25) is 5.96 Å². The SMILES string of the molecule is Cc1cc2c(cc1F)S(=O)(=O)NC(=NC(C)(C)CN(C)C)N2. The number of nitrogens with zero attached hydrogens (tertiary/aromatic N) is 2. The Balaban J connectivity index is 2.43. The molecule has 8 heteroatoms. The number of hydrogen-bond acceptors (Lipinski definition) is 4. The van der Waals surface area contributed by atoms with Gasteiger partial charge in [-0.1, -0.05) is 0 Å². The van der Waals surface area contributed by atoms with Crippen molar-refractivity contribution in [2.75, 3.05) is 26.0 Å². The molecule has 0 aliphatic carbocycles. The summed E-state index contributed by atoms with van der Waals surface area (Å²) in [4.78, 5) is 6.29. The van der Waals surface area contributed by atoms with Crippen LogP contribution in [-0.2, 0) is 10.0 Å². The van der Waals surface area contributed by atoms with E-state index in [2.05, 4.69) is 15.0 Å². The van der Waals surface area contributed by atoms with Crippen molar-refractivity contribution in [2.24, 2.45) is 4.99 Å². The molecule has 1 aliphatic heterocycles. The van der Waals surface area contributed by atoms with Gasteiger partial charge in [0.15, 0.2) is 0 Å². The summed E-state index contributed by atoms with van der Waals surface area (Å²) >= 11 is 0. The molecule has 2 N–H and O–H groups in total. The molecule has 0 radical (unpaired) electrons. The first kappa shape index (κ1) is 16.7. The zero-order valence-electron chi connectivity index (χ0n) is 13.4. The van der Waals surface area contributed by atoms with E-state index >= 15 is 0 Å². The minimum Gasteiger partial charge on any atom is -0.324 e. The van der Waals surface area contributed by atoms with Gasteiger partial charge in [0.25, 0.3) is 10.0 Å². The molecule has 0 saturated heterocycles. The average molecular weight is 328 g/mol. The standard InChI is InChI=1S/C14H21FN4O2S/c1-9-6-11-12(7-10(9)15)22(20,21)18-13(16-11)17-14(2,3)8-19(4)5/h6-7H,8H2,1-5H3,(H2,16,17,18). The van der Waals surface area contributed by atoms with Gasteiger partial charge in [-0.2, -0.15) is 0 Å². The number of aliphatic imine (C=N–C) groups is 1. The number of rotatable bonds is 3. The maximum atomic E-state index is 13.6. The first-order valence-electron chi connectivity index (χ1n) is 6.85. The van der Waals surface area contributed by atoms with Gasteiger partial charge in [-0.25, -0.2) is 22.5 Å². The van der Waals surface area contributed by atoms with Gasteiger partial charge < -0.3 is 10.2 Å². The van der Waals surface area contributed by atoms with Gasteiger partial charge in [0.05, 0.1) is 11.2 Å². The smallest absolute Gasteiger partial charge is 0.266 e. The molecule has 1 aromatic rings. The van der Waals surface area contributed by atoms with Crippen molar-refractivity contribution in [3.05, 3.63) is 23.5 Å². The molecule has 22 heavy (non-hydrogen) atoms. The molecule has 0 bridgehead atoms. The van der Waals surface area contributed by atoms with Gasteiger partial charge in [-0.3, -0.25) is 0 Å². The van der Waals surface area contributed by atoms with Gasteiger partial charge in [-0.15, -0.1) is 0 Å². The van der Waals surface area contributed by atoms with E-state index in [4.69, 9.17) is 0 Å². The van der Waals surface area contributed by atoms with Crippen LogP contribution in [0.2, 0.25) is 0 Å². The molecule has 0 unspecified atom stereocenters.